The first-order valence-corrected chi connectivity index (χ1v) is 7.17. The second-order valence-electron chi connectivity index (χ2n) is 5.26. The topological polar surface area (TPSA) is 43.8 Å². The molecule has 100 valence electrons. The maximum Gasteiger partial charge on any atom is 0.0923 e. The van der Waals surface area contributed by atoms with Gasteiger partial charge in [-0.05, 0) is 43.9 Å². The van der Waals surface area contributed by atoms with Gasteiger partial charge in [-0.15, -0.1) is 0 Å². The Kier molecular flexibility index (Phi) is 3.58. The van der Waals surface area contributed by atoms with Crippen molar-refractivity contribution in [2.45, 2.75) is 37.8 Å². The highest BCUT2D eigenvalue weighted by molar-refractivity contribution is 6.30. The summed E-state index contributed by atoms with van der Waals surface area (Å²) in [6.07, 6.45) is 6.53. The third-order valence-corrected chi connectivity index (χ3v) is 4.12. The Balaban J connectivity index is 1.77. The molecule has 0 amide bonds. The van der Waals surface area contributed by atoms with Crippen molar-refractivity contribution in [1.82, 2.24) is 9.78 Å². The van der Waals surface area contributed by atoms with E-state index in [1.165, 1.54) is 0 Å². The Hall–Kier alpha value is -1.32. The summed E-state index contributed by atoms with van der Waals surface area (Å²) in [6, 6.07) is 10.8. The predicted molar refractivity (Wildman–Crippen MR) is 78.2 cm³/mol. The molecule has 3 rings (SSSR count). The number of aromatic nitrogens is 2. The number of nitrogens with two attached hydrogens (primary N) is 1. The molecule has 19 heavy (non-hydrogen) atoms. The fraction of sp³-hybridized carbons (Fsp3) is 0.400. The lowest BCUT2D eigenvalue weighted by atomic mass is 9.92. The standard InChI is InChI=1S/C15H18ClN3/c16-12-3-1-11(2-4-12)15-9-10-19(18-15)14-7-5-13(17)6-8-14/h1-4,9-10,13-14H,5-8,17H2. The van der Waals surface area contributed by atoms with E-state index < -0.39 is 0 Å². The van der Waals surface area contributed by atoms with Crippen molar-refractivity contribution >= 4 is 11.6 Å². The Morgan fingerprint density at radius 1 is 1.05 bits per heavy atom. The maximum atomic E-state index is 5.94. The number of nitrogens with zero attached hydrogens (tertiary/aromatic N) is 2. The van der Waals surface area contributed by atoms with Gasteiger partial charge in [0.1, 0.15) is 0 Å². The van der Waals surface area contributed by atoms with Gasteiger partial charge in [-0.2, -0.15) is 5.10 Å². The smallest absolute Gasteiger partial charge is 0.0923 e. The summed E-state index contributed by atoms with van der Waals surface area (Å²) in [4.78, 5) is 0. The zero-order valence-corrected chi connectivity index (χ0v) is 11.6. The van der Waals surface area contributed by atoms with Crippen molar-refractivity contribution < 1.29 is 0 Å². The van der Waals surface area contributed by atoms with Crippen LogP contribution in [0, 0.1) is 0 Å². The van der Waals surface area contributed by atoms with Gasteiger partial charge in [-0.25, -0.2) is 0 Å². The van der Waals surface area contributed by atoms with Gasteiger partial charge in [0.05, 0.1) is 11.7 Å². The average Bonchev–Trinajstić information content (AvgIpc) is 2.90. The molecule has 1 fully saturated rings. The zero-order chi connectivity index (χ0) is 13.2. The van der Waals surface area contributed by atoms with Crippen LogP contribution in [0.1, 0.15) is 31.7 Å². The van der Waals surface area contributed by atoms with Crippen molar-refractivity contribution in [3.63, 3.8) is 0 Å². The molecular formula is C15H18ClN3. The molecule has 0 unspecified atom stereocenters. The molecule has 0 atom stereocenters. The van der Waals surface area contributed by atoms with Crippen molar-refractivity contribution in [1.29, 1.82) is 0 Å². The van der Waals surface area contributed by atoms with Gasteiger partial charge in [0.2, 0.25) is 0 Å². The van der Waals surface area contributed by atoms with Gasteiger partial charge in [-0.1, -0.05) is 23.7 Å². The van der Waals surface area contributed by atoms with E-state index in [-0.39, 0.29) is 0 Å². The van der Waals surface area contributed by atoms with E-state index in [1.807, 2.05) is 24.3 Å². The maximum absolute atomic E-state index is 5.94. The van der Waals surface area contributed by atoms with Crippen molar-refractivity contribution in [2.24, 2.45) is 5.73 Å². The molecule has 2 N–H and O–H groups in total. The van der Waals surface area contributed by atoms with E-state index in [0.717, 1.165) is 42.0 Å². The van der Waals surface area contributed by atoms with Crippen molar-refractivity contribution in [3.05, 3.63) is 41.6 Å². The van der Waals surface area contributed by atoms with Crippen molar-refractivity contribution in [2.75, 3.05) is 0 Å². The number of halogens is 1. The predicted octanol–water partition coefficient (Wildman–Crippen LogP) is 3.65. The molecule has 0 bridgehead atoms. The van der Waals surface area contributed by atoms with Crippen LogP contribution >= 0.6 is 11.6 Å². The average molecular weight is 276 g/mol. The van der Waals surface area contributed by atoms with Gasteiger partial charge in [0, 0.05) is 22.8 Å². The second kappa shape index (κ2) is 5.35. The van der Waals surface area contributed by atoms with Crippen LogP contribution in [0.4, 0.5) is 0 Å². The molecule has 1 aromatic heterocycles. The number of rotatable bonds is 2. The molecule has 2 aromatic rings. The quantitative estimate of drug-likeness (QED) is 0.909. The van der Waals surface area contributed by atoms with Crippen LogP contribution in [0.15, 0.2) is 36.5 Å². The van der Waals surface area contributed by atoms with E-state index in [1.54, 1.807) is 0 Å². The first-order valence-electron chi connectivity index (χ1n) is 6.79. The number of hydrogen-bond donors (Lipinski definition) is 1. The fourth-order valence-corrected chi connectivity index (χ4v) is 2.81. The molecule has 1 aliphatic carbocycles. The van der Waals surface area contributed by atoms with Crippen LogP contribution in [-0.2, 0) is 0 Å². The van der Waals surface area contributed by atoms with Crippen LogP contribution < -0.4 is 5.73 Å². The van der Waals surface area contributed by atoms with Gasteiger partial charge < -0.3 is 5.73 Å². The Bertz CT molecular complexity index is 539. The molecule has 0 spiro atoms. The molecule has 1 aromatic carbocycles. The summed E-state index contributed by atoms with van der Waals surface area (Å²) < 4.78 is 2.09. The minimum atomic E-state index is 0.377. The summed E-state index contributed by atoms with van der Waals surface area (Å²) in [5.74, 6) is 0. The fourth-order valence-electron chi connectivity index (χ4n) is 2.68. The molecule has 3 nitrogen and oxygen atoms in total. The second-order valence-corrected chi connectivity index (χ2v) is 5.69. The molecule has 1 aliphatic rings. The van der Waals surface area contributed by atoms with E-state index >= 15 is 0 Å². The monoisotopic (exact) mass is 275 g/mol. The molecule has 1 saturated carbocycles. The Morgan fingerprint density at radius 2 is 1.74 bits per heavy atom. The largest absolute Gasteiger partial charge is 0.328 e. The molecule has 0 radical (unpaired) electrons. The van der Waals surface area contributed by atoms with Crippen molar-refractivity contribution in [3.8, 4) is 11.3 Å². The van der Waals surface area contributed by atoms with Crippen LogP contribution in [0.2, 0.25) is 5.02 Å². The van der Waals surface area contributed by atoms with Gasteiger partial charge in [0.15, 0.2) is 0 Å². The lowest BCUT2D eigenvalue weighted by Gasteiger charge is -2.26. The van der Waals surface area contributed by atoms with Crippen LogP contribution in [0.3, 0.4) is 0 Å². The molecule has 4 heteroatoms. The minimum absolute atomic E-state index is 0.377. The van der Waals surface area contributed by atoms with Gasteiger partial charge >= 0.3 is 0 Å². The van der Waals surface area contributed by atoms with E-state index in [9.17, 15) is 0 Å². The van der Waals surface area contributed by atoms with Crippen LogP contribution in [0.25, 0.3) is 11.3 Å². The molecule has 1 heterocycles. The zero-order valence-electron chi connectivity index (χ0n) is 10.8. The summed E-state index contributed by atoms with van der Waals surface area (Å²) in [5.41, 5.74) is 8.06. The Morgan fingerprint density at radius 3 is 2.42 bits per heavy atom. The van der Waals surface area contributed by atoms with Gasteiger partial charge in [-0.3, -0.25) is 4.68 Å². The molecule has 0 saturated heterocycles. The van der Waals surface area contributed by atoms with E-state index in [0.29, 0.717) is 12.1 Å². The lowest BCUT2D eigenvalue weighted by molar-refractivity contribution is 0.305. The normalized spacial score (nSPS) is 23.5. The first kappa shape index (κ1) is 12.7. The SMILES string of the molecule is NC1CCC(n2ccc(-c3ccc(Cl)cc3)n2)CC1. The highest BCUT2D eigenvalue weighted by atomic mass is 35.5. The van der Waals surface area contributed by atoms with E-state index in [2.05, 4.69) is 16.9 Å². The summed E-state index contributed by atoms with van der Waals surface area (Å²) in [7, 11) is 0. The minimum Gasteiger partial charge on any atom is -0.328 e. The first-order chi connectivity index (χ1) is 9.22. The number of hydrogen-bond acceptors (Lipinski definition) is 2. The van der Waals surface area contributed by atoms with Gasteiger partial charge in [0.25, 0.3) is 0 Å². The third-order valence-electron chi connectivity index (χ3n) is 3.86. The number of benzene rings is 1. The Labute approximate surface area is 118 Å². The highest BCUT2D eigenvalue weighted by Crippen LogP contribution is 2.28. The summed E-state index contributed by atoms with van der Waals surface area (Å²) in [5, 5.41) is 5.45. The van der Waals surface area contributed by atoms with Crippen LogP contribution in [0.5, 0.6) is 0 Å². The summed E-state index contributed by atoms with van der Waals surface area (Å²) >= 11 is 5.90. The molecular weight excluding hydrogens is 258 g/mol. The summed E-state index contributed by atoms with van der Waals surface area (Å²) in [6.45, 7) is 0. The third kappa shape index (κ3) is 2.82. The van der Waals surface area contributed by atoms with E-state index in [4.69, 9.17) is 22.4 Å². The van der Waals surface area contributed by atoms with Crippen LogP contribution in [-0.4, -0.2) is 15.8 Å². The molecule has 0 aliphatic heterocycles. The lowest BCUT2D eigenvalue weighted by Crippen LogP contribution is -2.28. The highest BCUT2D eigenvalue weighted by Gasteiger charge is 2.20.